The number of hydrogen-bond donors (Lipinski definition) is 0. The zero-order chi connectivity index (χ0) is 20.6. The normalized spacial score (nSPS) is 15.8. The lowest BCUT2D eigenvalue weighted by Gasteiger charge is -2.16. The van der Waals surface area contributed by atoms with Gasteiger partial charge in [-0.25, -0.2) is 4.79 Å². The number of nitrogens with zero attached hydrogens (tertiary/aromatic N) is 2. The van der Waals surface area contributed by atoms with Crippen LogP contribution in [0, 0.1) is 13.8 Å². The summed E-state index contributed by atoms with van der Waals surface area (Å²) in [6.07, 6.45) is 1.76. The zero-order valence-corrected chi connectivity index (χ0v) is 17.3. The Morgan fingerprint density at radius 3 is 2.50 bits per heavy atom. The monoisotopic (exact) mass is 398 g/mol. The number of carbonyl (C=O) groups excluding carboxylic acids is 3. The van der Waals surface area contributed by atoms with Gasteiger partial charge < -0.3 is 9.30 Å². The van der Waals surface area contributed by atoms with Gasteiger partial charge in [-0.15, -0.1) is 0 Å². The molecule has 0 atom stereocenters. The Labute approximate surface area is 168 Å². The predicted molar refractivity (Wildman–Crippen MR) is 110 cm³/mol. The Morgan fingerprint density at radius 2 is 1.89 bits per heavy atom. The van der Waals surface area contributed by atoms with Gasteiger partial charge in [-0.05, 0) is 75.4 Å². The third-order valence-electron chi connectivity index (χ3n) is 4.62. The first-order valence-electron chi connectivity index (χ1n) is 8.89. The van der Waals surface area contributed by atoms with Gasteiger partial charge in [0.05, 0.1) is 17.6 Å². The summed E-state index contributed by atoms with van der Waals surface area (Å²) in [6, 6.07) is 8.96. The SMILES string of the molecule is COC(=O)c1cccc(-n2c(C)cc(/C=C3\SC(=O)N(C(C)C)C3=O)c2C)c1. The fraction of sp³-hybridized carbons (Fsp3) is 0.286. The fourth-order valence-corrected chi connectivity index (χ4v) is 4.24. The topological polar surface area (TPSA) is 68.6 Å². The zero-order valence-electron chi connectivity index (χ0n) is 16.5. The van der Waals surface area contributed by atoms with Gasteiger partial charge in [0.1, 0.15) is 0 Å². The summed E-state index contributed by atoms with van der Waals surface area (Å²) < 4.78 is 6.80. The minimum Gasteiger partial charge on any atom is -0.465 e. The molecule has 28 heavy (non-hydrogen) atoms. The maximum absolute atomic E-state index is 12.5. The van der Waals surface area contributed by atoms with Crippen LogP contribution in [0.5, 0.6) is 0 Å². The molecule has 1 aromatic heterocycles. The molecule has 1 saturated heterocycles. The second-order valence-electron chi connectivity index (χ2n) is 6.85. The molecule has 0 N–H and O–H groups in total. The average molecular weight is 398 g/mol. The van der Waals surface area contributed by atoms with Crippen molar-refractivity contribution in [2.45, 2.75) is 33.7 Å². The minimum absolute atomic E-state index is 0.174. The molecule has 1 fully saturated rings. The Hall–Kier alpha value is -2.80. The highest BCUT2D eigenvalue weighted by atomic mass is 32.2. The van der Waals surface area contributed by atoms with Crippen LogP contribution in [0.3, 0.4) is 0 Å². The van der Waals surface area contributed by atoms with Crippen LogP contribution in [-0.2, 0) is 9.53 Å². The maximum Gasteiger partial charge on any atom is 0.337 e. The average Bonchev–Trinajstić information content (AvgIpc) is 3.09. The molecular formula is C21H22N2O4S. The fourth-order valence-electron chi connectivity index (χ4n) is 3.29. The highest BCUT2D eigenvalue weighted by molar-refractivity contribution is 8.18. The number of amides is 2. The minimum atomic E-state index is -0.396. The number of hydrogen-bond acceptors (Lipinski definition) is 5. The molecule has 0 radical (unpaired) electrons. The molecule has 3 rings (SSSR count). The van der Waals surface area contributed by atoms with Crippen molar-refractivity contribution in [1.29, 1.82) is 0 Å². The van der Waals surface area contributed by atoms with Gasteiger partial charge in [-0.1, -0.05) is 6.07 Å². The first kappa shape index (κ1) is 19.9. The lowest BCUT2D eigenvalue weighted by molar-refractivity contribution is -0.123. The third-order valence-corrected chi connectivity index (χ3v) is 5.51. The van der Waals surface area contributed by atoms with Gasteiger partial charge in [-0.3, -0.25) is 14.5 Å². The van der Waals surface area contributed by atoms with Crippen LogP contribution in [0.15, 0.2) is 35.2 Å². The number of rotatable bonds is 4. The molecule has 2 heterocycles. The van der Waals surface area contributed by atoms with Crippen LogP contribution in [0.2, 0.25) is 0 Å². The standard InChI is InChI=1S/C21H22N2O4S/c1-12(2)22-19(24)18(28-21(22)26)11-16-9-13(3)23(14(16)4)17-8-6-7-15(10-17)20(25)27-5/h6-12H,1-5H3/b18-11-. The van der Waals surface area contributed by atoms with Crippen molar-refractivity contribution >= 4 is 35.0 Å². The van der Waals surface area contributed by atoms with Gasteiger partial charge in [0, 0.05) is 23.1 Å². The Balaban J connectivity index is 2.01. The van der Waals surface area contributed by atoms with Crippen molar-refractivity contribution in [1.82, 2.24) is 9.47 Å². The van der Waals surface area contributed by atoms with Crippen molar-refractivity contribution in [3.05, 3.63) is 57.8 Å². The summed E-state index contributed by atoms with van der Waals surface area (Å²) in [5.41, 5.74) is 4.01. The van der Waals surface area contributed by atoms with Crippen LogP contribution < -0.4 is 0 Å². The molecule has 1 aromatic carbocycles. The molecular weight excluding hydrogens is 376 g/mol. The summed E-state index contributed by atoms with van der Waals surface area (Å²) >= 11 is 0.962. The maximum atomic E-state index is 12.5. The van der Waals surface area contributed by atoms with E-state index >= 15 is 0 Å². The number of carbonyl (C=O) groups is 3. The highest BCUT2D eigenvalue weighted by Gasteiger charge is 2.36. The summed E-state index contributed by atoms with van der Waals surface area (Å²) in [5, 5.41) is -0.245. The van der Waals surface area contributed by atoms with E-state index in [1.54, 1.807) is 24.3 Å². The quantitative estimate of drug-likeness (QED) is 0.567. The Bertz CT molecular complexity index is 1000. The molecule has 2 amide bonds. The van der Waals surface area contributed by atoms with Gasteiger partial charge in [0.2, 0.25) is 0 Å². The van der Waals surface area contributed by atoms with E-state index in [1.807, 2.05) is 44.4 Å². The molecule has 0 bridgehead atoms. The number of imide groups is 1. The van der Waals surface area contributed by atoms with E-state index in [9.17, 15) is 14.4 Å². The van der Waals surface area contributed by atoms with Crippen LogP contribution in [0.1, 0.15) is 41.2 Å². The molecule has 1 aliphatic heterocycles. The van der Waals surface area contributed by atoms with E-state index in [0.717, 1.165) is 34.4 Å². The number of methoxy groups -OCH3 is 1. The first-order valence-corrected chi connectivity index (χ1v) is 9.71. The highest BCUT2D eigenvalue weighted by Crippen LogP contribution is 2.34. The Kier molecular flexibility index (Phi) is 5.47. The number of benzene rings is 1. The van der Waals surface area contributed by atoms with E-state index in [0.29, 0.717) is 10.5 Å². The molecule has 146 valence electrons. The number of esters is 1. The summed E-state index contributed by atoms with van der Waals surface area (Å²) in [7, 11) is 1.35. The molecule has 0 saturated carbocycles. The summed E-state index contributed by atoms with van der Waals surface area (Å²) in [6.45, 7) is 7.53. The van der Waals surface area contributed by atoms with Crippen molar-refractivity contribution in [2.24, 2.45) is 0 Å². The van der Waals surface area contributed by atoms with Crippen LogP contribution in [0.4, 0.5) is 4.79 Å². The van der Waals surface area contributed by atoms with Crippen LogP contribution in [0.25, 0.3) is 11.8 Å². The molecule has 0 aliphatic carbocycles. The molecule has 2 aromatic rings. The van der Waals surface area contributed by atoms with E-state index < -0.39 is 5.97 Å². The van der Waals surface area contributed by atoms with Crippen molar-refractivity contribution in [3.8, 4) is 5.69 Å². The molecule has 1 aliphatic rings. The first-order chi connectivity index (χ1) is 13.2. The summed E-state index contributed by atoms with van der Waals surface area (Å²) in [5.74, 6) is -0.658. The van der Waals surface area contributed by atoms with Gasteiger partial charge in [0.25, 0.3) is 11.1 Å². The van der Waals surface area contributed by atoms with Crippen molar-refractivity contribution in [2.75, 3.05) is 7.11 Å². The van der Waals surface area contributed by atoms with Crippen molar-refractivity contribution < 1.29 is 19.1 Å². The molecule has 6 nitrogen and oxygen atoms in total. The number of thioether (sulfide) groups is 1. The molecule has 0 unspecified atom stereocenters. The summed E-state index contributed by atoms with van der Waals surface area (Å²) in [4.78, 5) is 38.2. The number of ether oxygens (including phenoxy) is 1. The second kappa shape index (κ2) is 7.67. The largest absolute Gasteiger partial charge is 0.465 e. The lowest BCUT2D eigenvalue weighted by atomic mass is 10.2. The van der Waals surface area contributed by atoms with E-state index in [2.05, 4.69) is 0 Å². The van der Waals surface area contributed by atoms with E-state index in [4.69, 9.17) is 4.74 Å². The van der Waals surface area contributed by atoms with E-state index in [-0.39, 0.29) is 17.2 Å². The predicted octanol–water partition coefficient (Wildman–Crippen LogP) is 4.33. The second-order valence-corrected chi connectivity index (χ2v) is 7.84. The molecule has 7 heteroatoms. The van der Waals surface area contributed by atoms with Gasteiger partial charge >= 0.3 is 5.97 Å². The molecule has 0 spiro atoms. The number of aryl methyl sites for hydroxylation is 1. The van der Waals surface area contributed by atoms with Crippen LogP contribution >= 0.6 is 11.8 Å². The van der Waals surface area contributed by atoms with E-state index in [1.165, 1.54) is 12.0 Å². The van der Waals surface area contributed by atoms with Gasteiger partial charge in [0.15, 0.2) is 0 Å². The van der Waals surface area contributed by atoms with Gasteiger partial charge in [-0.2, -0.15) is 0 Å². The third kappa shape index (κ3) is 3.49. The number of aromatic nitrogens is 1. The smallest absolute Gasteiger partial charge is 0.337 e. The lowest BCUT2D eigenvalue weighted by Crippen LogP contribution is -2.34. The van der Waals surface area contributed by atoms with Crippen molar-refractivity contribution in [3.63, 3.8) is 0 Å². The van der Waals surface area contributed by atoms with Crippen LogP contribution in [-0.4, -0.2) is 39.7 Å². The Morgan fingerprint density at radius 1 is 1.18 bits per heavy atom.